The number of hydrogen-bond donors (Lipinski definition) is 2. The molecule has 6 nitrogen and oxygen atoms in total. The Morgan fingerprint density at radius 2 is 2.30 bits per heavy atom. The number of aromatic nitrogens is 3. The van der Waals surface area contributed by atoms with Gasteiger partial charge in [-0.05, 0) is 43.7 Å². The molecule has 0 aromatic carbocycles. The fourth-order valence-corrected chi connectivity index (χ4v) is 3.23. The first-order chi connectivity index (χ1) is 11.1. The molecule has 7 heteroatoms. The number of carbonyl (C=O) groups is 1. The van der Waals surface area contributed by atoms with Gasteiger partial charge in [-0.2, -0.15) is 5.10 Å². The van der Waals surface area contributed by atoms with Gasteiger partial charge in [-0.3, -0.25) is 9.67 Å². The summed E-state index contributed by atoms with van der Waals surface area (Å²) in [5.41, 5.74) is 1.70. The van der Waals surface area contributed by atoms with Crippen LogP contribution >= 0.6 is 11.6 Å². The van der Waals surface area contributed by atoms with Gasteiger partial charge in [0, 0.05) is 24.5 Å². The normalized spacial score (nSPS) is 20.0. The molecule has 1 fully saturated rings. The van der Waals surface area contributed by atoms with Crippen LogP contribution in [0.15, 0.2) is 30.7 Å². The van der Waals surface area contributed by atoms with Crippen LogP contribution < -0.4 is 5.32 Å². The fourth-order valence-electron chi connectivity index (χ4n) is 3.00. The van der Waals surface area contributed by atoms with Gasteiger partial charge in [0.1, 0.15) is 0 Å². The lowest BCUT2D eigenvalue weighted by Crippen LogP contribution is -2.28. The molecule has 0 unspecified atom stereocenters. The number of pyridine rings is 1. The molecule has 23 heavy (non-hydrogen) atoms. The number of rotatable bonds is 6. The summed E-state index contributed by atoms with van der Waals surface area (Å²) in [6.07, 6.45) is 8.69. The number of halogens is 1. The first-order valence-corrected chi connectivity index (χ1v) is 8.13. The predicted octanol–water partition coefficient (Wildman–Crippen LogP) is 3.60. The van der Waals surface area contributed by atoms with E-state index >= 15 is 0 Å². The second-order valence-electron chi connectivity index (χ2n) is 5.91. The molecule has 1 aliphatic carbocycles. The van der Waals surface area contributed by atoms with E-state index in [2.05, 4.69) is 15.4 Å². The molecule has 1 aliphatic rings. The molecule has 0 radical (unpaired) electrons. The Bertz CT molecular complexity index is 682. The van der Waals surface area contributed by atoms with E-state index in [1.807, 2.05) is 23.0 Å². The molecule has 0 saturated heterocycles. The van der Waals surface area contributed by atoms with Crippen molar-refractivity contribution in [3.05, 3.63) is 35.7 Å². The zero-order valence-electron chi connectivity index (χ0n) is 12.7. The molecule has 0 aliphatic heterocycles. The van der Waals surface area contributed by atoms with Crippen molar-refractivity contribution in [2.45, 2.75) is 31.7 Å². The molecule has 2 aromatic rings. The quantitative estimate of drug-likeness (QED) is 0.791. The van der Waals surface area contributed by atoms with E-state index in [1.165, 1.54) is 0 Å². The van der Waals surface area contributed by atoms with Gasteiger partial charge in [-0.1, -0.05) is 11.6 Å². The van der Waals surface area contributed by atoms with E-state index in [0.717, 1.165) is 36.9 Å². The minimum absolute atomic E-state index is 0.420. The van der Waals surface area contributed by atoms with Crippen LogP contribution in [0.3, 0.4) is 0 Å². The number of carboxylic acid groups (broad SMARTS) is 1. The first kappa shape index (κ1) is 15.8. The van der Waals surface area contributed by atoms with Crippen molar-refractivity contribution in [1.82, 2.24) is 20.1 Å². The topological polar surface area (TPSA) is 80.0 Å². The van der Waals surface area contributed by atoms with E-state index in [-0.39, 0.29) is 0 Å². The van der Waals surface area contributed by atoms with Crippen LogP contribution in [0, 0.1) is 5.92 Å². The summed E-state index contributed by atoms with van der Waals surface area (Å²) in [5, 5.41) is 16.0. The number of nitrogens with one attached hydrogen (secondary N) is 1. The largest absolute Gasteiger partial charge is 0.465 e. The SMILES string of the molecule is O=C(O)NCCCC1CC(n2cc(-c3ncccc3Cl)cn2)C1. The van der Waals surface area contributed by atoms with Crippen molar-refractivity contribution in [3.8, 4) is 11.3 Å². The highest BCUT2D eigenvalue weighted by molar-refractivity contribution is 6.32. The van der Waals surface area contributed by atoms with Crippen LogP contribution in [-0.2, 0) is 0 Å². The third kappa shape index (κ3) is 3.82. The Morgan fingerprint density at radius 1 is 1.48 bits per heavy atom. The maximum Gasteiger partial charge on any atom is 0.404 e. The van der Waals surface area contributed by atoms with E-state index in [9.17, 15) is 4.79 Å². The van der Waals surface area contributed by atoms with E-state index in [1.54, 1.807) is 12.4 Å². The lowest BCUT2D eigenvalue weighted by atomic mass is 9.77. The Morgan fingerprint density at radius 3 is 3.04 bits per heavy atom. The average Bonchev–Trinajstić information content (AvgIpc) is 2.94. The van der Waals surface area contributed by atoms with Crippen LogP contribution in [0.4, 0.5) is 4.79 Å². The molecule has 122 valence electrons. The highest BCUT2D eigenvalue weighted by Gasteiger charge is 2.30. The van der Waals surface area contributed by atoms with E-state index in [4.69, 9.17) is 16.7 Å². The first-order valence-electron chi connectivity index (χ1n) is 7.75. The highest BCUT2D eigenvalue weighted by Crippen LogP contribution is 2.40. The van der Waals surface area contributed by atoms with Crippen LogP contribution in [0.25, 0.3) is 11.3 Å². The molecular weight excluding hydrogens is 316 g/mol. The zero-order valence-corrected chi connectivity index (χ0v) is 13.4. The van der Waals surface area contributed by atoms with Gasteiger partial charge >= 0.3 is 6.09 Å². The van der Waals surface area contributed by atoms with Crippen molar-refractivity contribution >= 4 is 17.7 Å². The van der Waals surface area contributed by atoms with Crippen LogP contribution in [0.2, 0.25) is 5.02 Å². The van der Waals surface area contributed by atoms with Gasteiger partial charge in [-0.25, -0.2) is 4.79 Å². The molecule has 0 bridgehead atoms. The monoisotopic (exact) mass is 334 g/mol. The van der Waals surface area contributed by atoms with Gasteiger partial charge in [0.25, 0.3) is 0 Å². The molecule has 2 heterocycles. The van der Waals surface area contributed by atoms with E-state index in [0.29, 0.717) is 23.5 Å². The summed E-state index contributed by atoms with van der Waals surface area (Å²) in [6.45, 7) is 0.528. The van der Waals surface area contributed by atoms with E-state index < -0.39 is 6.09 Å². The third-order valence-corrected chi connectivity index (χ3v) is 4.59. The second kappa shape index (κ2) is 7.00. The summed E-state index contributed by atoms with van der Waals surface area (Å²) < 4.78 is 1.99. The second-order valence-corrected chi connectivity index (χ2v) is 6.32. The molecule has 1 saturated carbocycles. The van der Waals surface area contributed by atoms with Crippen LogP contribution in [-0.4, -0.2) is 32.5 Å². The number of hydrogen-bond acceptors (Lipinski definition) is 3. The smallest absolute Gasteiger partial charge is 0.404 e. The van der Waals surface area contributed by atoms with Crippen molar-refractivity contribution in [2.24, 2.45) is 5.92 Å². The summed E-state index contributed by atoms with van der Waals surface area (Å²) in [7, 11) is 0. The van der Waals surface area contributed by atoms with Crippen LogP contribution in [0.1, 0.15) is 31.7 Å². The maximum absolute atomic E-state index is 10.4. The van der Waals surface area contributed by atoms with Gasteiger partial charge in [-0.15, -0.1) is 0 Å². The fraction of sp³-hybridized carbons (Fsp3) is 0.438. The molecule has 0 atom stereocenters. The highest BCUT2D eigenvalue weighted by atomic mass is 35.5. The summed E-state index contributed by atoms with van der Waals surface area (Å²) >= 11 is 6.16. The Kier molecular flexibility index (Phi) is 4.81. The van der Waals surface area contributed by atoms with Crippen molar-refractivity contribution in [2.75, 3.05) is 6.54 Å². The Hall–Kier alpha value is -2.08. The van der Waals surface area contributed by atoms with Gasteiger partial charge in [0.05, 0.1) is 23.0 Å². The lowest BCUT2D eigenvalue weighted by molar-refractivity contribution is 0.168. The zero-order chi connectivity index (χ0) is 16.2. The molecule has 0 spiro atoms. The third-order valence-electron chi connectivity index (χ3n) is 4.28. The Labute approximate surface area is 139 Å². The predicted molar refractivity (Wildman–Crippen MR) is 87.5 cm³/mol. The summed E-state index contributed by atoms with van der Waals surface area (Å²) in [5.74, 6) is 0.654. The van der Waals surface area contributed by atoms with Crippen molar-refractivity contribution in [1.29, 1.82) is 0 Å². The molecular formula is C16H19ClN4O2. The number of amides is 1. The standard InChI is InChI=1S/C16H19ClN4O2/c17-14-4-2-5-18-15(14)12-9-20-21(10-12)13-7-11(8-13)3-1-6-19-16(22)23/h2,4-5,9-11,13,19H,1,3,6-8H2,(H,22,23). The molecule has 2 aromatic heterocycles. The molecule has 2 N–H and O–H groups in total. The van der Waals surface area contributed by atoms with Crippen molar-refractivity contribution < 1.29 is 9.90 Å². The minimum atomic E-state index is -0.950. The summed E-state index contributed by atoms with van der Waals surface area (Å²) in [6, 6.07) is 4.06. The minimum Gasteiger partial charge on any atom is -0.465 e. The summed E-state index contributed by atoms with van der Waals surface area (Å²) in [4.78, 5) is 14.7. The average molecular weight is 335 g/mol. The van der Waals surface area contributed by atoms with Gasteiger partial charge in [0.2, 0.25) is 0 Å². The number of nitrogens with zero attached hydrogens (tertiary/aromatic N) is 3. The molecule has 3 rings (SSSR count). The van der Waals surface area contributed by atoms with Crippen LogP contribution in [0.5, 0.6) is 0 Å². The maximum atomic E-state index is 10.4. The van der Waals surface area contributed by atoms with Gasteiger partial charge < -0.3 is 10.4 Å². The van der Waals surface area contributed by atoms with Crippen molar-refractivity contribution in [3.63, 3.8) is 0 Å². The van der Waals surface area contributed by atoms with Gasteiger partial charge in [0.15, 0.2) is 0 Å². The lowest BCUT2D eigenvalue weighted by Gasteiger charge is -2.35. The molecule has 1 amide bonds. The Balaban J connectivity index is 1.49.